The molecule has 2 fully saturated rings. The molecule has 2 heteroatoms. The van der Waals surface area contributed by atoms with Crippen LogP contribution in [0.15, 0.2) is 30.3 Å². The van der Waals surface area contributed by atoms with E-state index in [4.69, 9.17) is 0 Å². The Morgan fingerprint density at radius 1 is 1.12 bits per heavy atom. The molecule has 0 radical (unpaired) electrons. The highest BCUT2D eigenvalue weighted by Gasteiger charge is 2.40. The van der Waals surface area contributed by atoms with Gasteiger partial charge in [-0.05, 0) is 42.7 Å². The SMILES string of the molecule is CC1C[C@@H]2CN(C(=O)c3ccccc3)C[C@@H]2C1. The van der Waals surface area contributed by atoms with Gasteiger partial charge >= 0.3 is 0 Å². The summed E-state index contributed by atoms with van der Waals surface area (Å²) in [6.45, 7) is 4.28. The zero-order chi connectivity index (χ0) is 11.8. The van der Waals surface area contributed by atoms with Crippen LogP contribution < -0.4 is 0 Å². The van der Waals surface area contributed by atoms with Crippen LogP contribution in [0.1, 0.15) is 30.1 Å². The topological polar surface area (TPSA) is 20.3 Å². The molecule has 1 saturated carbocycles. The van der Waals surface area contributed by atoms with Crippen molar-refractivity contribution in [3.63, 3.8) is 0 Å². The molecule has 2 aliphatic rings. The summed E-state index contributed by atoms with van der Waals surface area (Å²) in [5, 5.41) is 0. The van der Waals surface area contributed by atoms with E-state index in [1.165, 1.54) is 12.8 Å². The first kappa shape index (κ1) is 10.8. The predicted octanol–water partition coefficient (Wildman–Crippen LogP) is 2.80. The highest BCUT2D eigenvalue weighted by atomic mass is 16.2. The Labute approximate surface area is 103 Å². The van der Waals surface area contributed by atoms with Crippen molar-refractivity contribution in [1.29, 1.82) is 0 Å². The quantitative estimate of drug-likeness (QED) is 0.725. The molecule has 3 atom stereocenters. The number of rotatable bonds is 1. The molecule has 0 bridgehead atoms. The molecule has 1 aromatic carbocycles. The number of fused-ring (bicyclic) bond motifs is 1. The molecule has 90 valence electrons. The van der Waals surface area contributed by atoms with Gasteiger partial charge in [-0.25, -0.2) is 0 Å². The normalized spacial score (nSPS) is 31.6. The van der Waals surface area contributed by atoms with Crippen molar-refractivity contribution >= 4 is 5.91 Å². The van der Waals surface area contributed by atoms with E-state index >= 15 is 0 Å². The number of carbonyl (C=O) groups excluding carboxylic acids is 1. The van der Waals surface area contributed by atoms with Crippen LogP contribution in [-0.2, 0) is 0 Å². The average Bonchev–Trinajstić information content (AvgIpc) is 2.86. The number of hydrogen-bond acceptors (Lipinski definition) is 1. The van der Waals surface area contributed by atoms with Crippen LogP contribution in [0.2, 0.25) is 0 Å². The maximum Gasteiger partial charge on any atom is 0.253 e. The minimum atomic E-state index is 0.215. The number of benzene rings is 1. The van der Waals surface area contributed by atoms with E-state index in [0.717, 1.165) is 36.4 Å². The zero-order valence-corrected chi connectivity index (χ0v) is 10.3. The Morgan fingerprint density at radius 3 is 2.29 bits per heavy atom. The van der Waals surface area contributed by atoms with Gasteiger partial charge in [-0.3, -0.25) is 4.79 Å². The number of likely N-dealkylation sites (tertiary alicyclic amines) is 1. The lowest BCUT2D eigenvalue weighted by Gasteiger charge is -2.18. The molecule has 0 aromatic heterocycles. The highest BCUT2D eigenvalue weighted by molar-refractivity contribution is 5.94. The van der Waals surface area contributed by atoms with Gasteiger partial charge in [0, 0.05) is 18.7 Å². The maximum atomic E-state index is 12.3. The van der Waals surface area contributed by atoms with Gasteiger partial charge in [0.15, 0.2) is 0 Å². The zero-order valence-electron chi connectivity index (χ0n) is 10.3. The van der Waals surface area contributed by atoms with Gasteiger partial charge in [-0.2, -0.15) is 0 Å². The third kappa shape index (κ3) is 1.97. The minimum absolute atomic E-state index is 0.215. The molecular formula is C15H19NO. The summed E-state index contributed by atoms with van der Waals surface area (Å²) < 4.78 is 0. The molecule has 3 rings (SSSR count). The summed E-state index contributed by atoms with van der Waals surface area (Å²) >= 11 is 0. The van der Waals surface area contributed by atoms with Crippen molar-refractivity contribution in [2.24, 2.45) is 17.8 Å². The second-order valence-corrected chi connectivity index (χ2v) is 5.67. The van der Waals surface area contributed by atoms with Gasteiger partial charge in [0.1, 0.15) is 0 Å². The standard InChI is InChI=1S/C15H19NO/c1-11-7-13-9-16(10-14(13)8-11)15(17)12-5-3-2-4-6-12/h2-6,11,13-14H,7-10H2,1H3/t11?,13-,14+. The summed E-state index contributed by atoms with van der Waals surface area (Å²) in [6, 6.07) is 9.66. The van der Waals surface area contributed by atoms with Crippen LogP contribution >= 0.6 is 0 Å². The summed E-state index contributed by atoms with van der Waals surface area (Å²) in [5.74, 6) is 2.60. The van der Waals surface area contributed by atoms with E-state index in [-0.39, 0.29) is 5.91 Å². The Hall–Kier alpha value is -1.31. The number of nitrogens with zero attached hydrogens (tertiary/aromatic N) is 1. The van der Waals surface area contributed by atoms with Crippen molar-refractivity contribution in [3.8, 4) is 0 Å². The van der Waals surface area contributed by atoms with E-state index in [1.807, 2.05) is 30.3 Å². The third-order valence-electron chi connectivity index (χ3n) is 4.29. The van der Waals surface area contributed by atoms with Gasteiger partial charge < -0.3 is 4.90 Å². The molecule has 1 amide bonds. The molecule has 0 N–H and O–H groups in total. The Kier molecular flexibility index (Phi) is 2.65. The minimum Gasteiger partial charge on any atom is -0.338 e. The molecule has 1 saturated heterocycles. The lowest BCUT2D eigenvalue weighted by molar-refractivity contribution is 0.0778. The van der Waals surface area contributed by atoms with Crippen molar-refractivity contribution in [1.82, 2.24) is 4.90 Å². The van der Waals surface area contributed by atoms with Gasteiger partial charge in [-0.15, -0.1) is 0 Å². The Morgan fingerprint density at radius 2 is 1.71 bits per heavy atom. The number of amides is 1. The van der Waals surface area contributed by atoms with Gasteiger partial charge in [0.25, 0.3) is 5.91 Å². The first-order chi connectivity index (χ1) is 8.24. The van der Waals surface area contributed by atoms with Gasteiger partial charge in [0.05, 0.1) is 0 Å². The van der Waals surface area contributed by atoms with Crippen molar-refractivity contribution < 1.29 is 4.79 Å². The van der Waals surface area contributed by atoms with Gasteiger partial charge in [-0.1, -0.05) is 25.1 Å². The molecule has 17 heavy (non-hydrogen) atoms. The first-order valence-electron chi connectivity index (χ1n) is 6.58. The van der Waals surface area contributed by atoms with E-state index < -0.39 is 0 Å². The maximum absolute atomic E-state index is 12.3. The fraction of sp³-hybridized carbons (Fsp3) is 0.533. The Balaban J connectivity index is 1.70. The van der Waals surface area contributed by atoms with Crippen LogP contribution in [0.4, 0.5) is 0 Å². The Bertz CT molecular complexity index is 400. The van der Waals surface area contributed by atoms with Crippen LogP contribution in [0.3, 0.4) is 0 Å². The molecule has 1 aromatic rings. The largest absolute Gasteiger partial charge is 0.338 e. The van der Waals surface area contributed by atoms with E-state index in [1.54, 1.807) is 0 Å². The smallest absolute Gasteiger partial charge is 0.253 e. The van der Waals surface area contributed by atoms with Crippen LogP contribution in [0.25, 0.3) is 0 Å². The molecule has 2 nitrogen and oxygen atoms in total. The van der Waals surface area contributed by atoms with Crippen LogP contribution in [0, 0.1) is 17.8 Å². The molecule has 1 aliphatic heterocycles. The third-order valence-corrected chi connectivity index (χ3v) is 4.29. The summed E-state index contributed by atoms with van der Waals surface area (Å²) in [4.78, 5) is 14.3. The number of hydrogen-bond donors (Lipinski definition) is 0. The van der Waals surface area contributed by atoms with Crippen LogP contribution in [0.5, 0.6) is 0 Å². The molecular weight excluding hydrogens is 210 g/mol. The van der Waals surface area contributed by atoms with E-state index in [0.29, 0.717) is 0 Å². The lowest BCUT2D eigenvalue weighted by atomic mass is 10.0. The second-order valence-electron chi connectivity index (χ2n) is 5.67. The van der Waals surface area contributed by atoms with Gasteiger partial charge in [0.2, 0.25) is 0 Å². The molecule has 0 spiro atoms. The summed E-state index contributed by atoms with van der Waals surface area (Å²) in [5.41, 5.74) is 0.834. The molecule has 1 aliphatic carbocycles. The monoisotopic (exact) mass is 229 g/mol. The van der Waals surface area contributed by atoms with Crippen molar-refractivity contribution in [2.75, 3.05) is 13.1 Å². The summed E-state index contributed by atoms with van der Waals surface area (Å²) in [6.07, 6.45) is 2.62. The van der Waals surface area contributed by atoms with Crippen molar-refractivity contribution in [2.45, 2.75) is 19.8 Å². The number of carbonyl (C=O) groups is 1. The van der Waals surface area contributed by atoms with Crippen LogP contribution in [-0.4, -0.2) is 23.9 Å². The summed E-state index contributed by atoms with van der Waals surface area (Å²) in [7, 11) is 0. The first-order valence-corrected chi connectivity index (χ1v) is 6.58. The lowest BCUT2D eigenvalue weighted by Crippen LogP contribution is -2.29. The highest BCUT2D eigenvalue weighted by Crippen LogP contribution is 2.41. The second kappa shape index (κ2) is 4.17. The molecule has 1 heterocycles. The van der Waals surface area contributed by atoms with E-state index in [2.05, 4.69) is 11.8 Å². The average molecular weight is 229 g/mol. The predicted molar refractivity (Wildman–Crippen MR) is 67.7 cm³/mol. The van der Waals surface area contributed by atoms with E-state index in [9.17, 15) is 4.79 Å². The fourth-order valence-electron chi connectivity index (χ4n) is 3.53. The fourth-order valence-corrected chi connectivity index (χ4v) is 3.53. The van der Waals surface area contributed by atoms with Crippen molar-refractivity contribution in [3.05, 3.63) is 35.9 Å². The molecule has 1 unspecified atom stereocenters.